The third kappa shape index (κ3) is 4.32. The zero-order valence-electron chi connectivity index (χ0n) is 13.2. The standard InChI is InChI=1S/C10H8O3S.C9H8N2/c11-14(12,13)10-6-5-8-3-1-2-4-9(8)7-10;1-2-6-9-8(4-1)5-3-7-10-11-9/h1-7H,(H,11,12,13);1-7,11H. The Hall–Kier alpha value is -2.96. The lowest BCUT2D eigenvalue weighted by atomic mass is 10.1. The molecule has 0 radical (unpaired) electrons. The number of allylic oxidation sites excluding steroid dienone is 1. The molecule has 1 aliphatic heterocycles. The number of hydrazone groups is 1. The maximum atomic E-state index is 10.8. The highest BCUT2D eigenvalue weighted by Crippen LogP contribution is 2.18. The Kier molecular flexibility index (Phi) is 4.92. The molecule has 0 spiro atoms. The highest BCUT2D eigenvalue weighted by Gasteiger charge is 2.08. The van der Waals surface area contributed by atoms with E-state index in [4.69, 9.17) is 4.55 Å². The van der Waals surface area contributed by atoms with E-state index < -0.39 is 10.1 Å². The SMILES string of the molecule is C1=Cc2ccccc2NN=C1.O=S(=O)(O)c1ccc2ccccc2c1. The number of hydrogen-bond acceptors (Lipinski definition) is 4. The van der Waals surface area contributed by atoms with Crippen LogP contribution < -0.4 is 5.43 Å². The van der Waals surface area contributed by atoms with Crippen LogP contribution >= 0.6 is 0 Å². The third-order valence-electron chi connectivity index (χ3n) is 3.60. The lowest BCUT2D eigenvalue weighted by molar-refractivity contribution is 0.483. The predicted octanol–water partition coefficient (Wildman–Crippen LogP) is 4.20. The second kappa shape index (κ2) is 7.29. The molecule has 3 aromatic rings. The first-order chi connectivity index (χ1) is 12.0. The summed E-state index contributed by atoms with van der Waals surface area (Å²) in [6, 6.07) is 19.9. The number of para-hydroxylation sites is 1. The normalized spacial score (nSPS) is 12.5. The van der Waals surface area contributed by atoms with E-state index in [1.54, 1.807) is 18.3 Å². The lowest BCUT2D eigenvalue weighted by Crippen LogP contribution is -1.97. The van der Waals surface area contributed by atoms with Gasteiger partial charge in [-0.15, -0.1) is 0 Å². The van der Waals surface area contributed by atoms with Gasteiger partial charge >= 0.3 is 0 Å². The fourth-order valence-corrected chi connectivity index (χ4v) is 2.88. The summed E-state index contributed by atoms with van der Waals surface area (Å²) in [7, 11) is -4.09. The first kappa shape index (κ1) is 16.9. The number of rotatable bonds is 1. The molecule has 25 heavy (non-hydrogen) atoms. The minimum absolute atomic E-state index is 0.0730. The van der Waals surface area contributed by atoms with Gasteiger partial charge in [0.05, 0.1) is 10.6 Å². The van der Waals surface area contributed by atoms with Crippen LogP contribution in [0.2, 0.25) is 0 Å². The van der Waals surface area contributed by atoms with Crippen LogP contribution in [0.5, 0.6) is 0 Å². The molecule has 6 heteroatoms. The van der Waals surface area contributed by atoms with Crippen molar-refractivity contribution < 1.29 is 13.0 Å². The van der Waals surface area contributed by atoms with Crippen molar-refractivity contribution in [3.8, 4) is 0 Å². The molecule has 2 N–H and O–H groups in total. The highest BCUT2D eigenvalue weighted by molar-refractivity contribution is 7.85. The molecule has 0 bridgehead atoms. The van der Waals surface area contributed by atoms with E-state index >= 15 is 0 Å². The van der Waals surface area contributed by atoms with Crippen molar-refractivity contribution in [2.24, 2.45) is 5.10 Å². The van der Waals surface area contributed by atoms with Crippen LogP contribution in [0.3, 0.4) is 0 Å². The van der Waals surface area contributed by atoms with Gasteiger partial charge in [0.1, 0.15) is 0 Å². The Labute approximate surface area is 146 Å². The van der Waals surface area contributed by atoms with Gasteiger partial charge in [0.25, 0.3) is 10.1 Å². The molecular formula is C19H16N2O3S. The van der Waals surface area contributed by atoms with Crippen LogP contribution in [-0.4, -0.2) is 19.2 Å². The maximum absolute atomic E-state index is 10.8. The molecule has 0 fully saturated rings. The molecule has 5 nitrogen and oxygen atoms in total. The first-order valence-electron chi connectivity index (χ1n) is 7.55. The van der Waals surface area contributed by atoms with E-state index in [-0.39, 0.29) is 4.90 Å². The van der Waals surface area contributed by atoms with Crippen molar-refractivity contribution in [3.63, 3.8) is 0 Å². The zero-order chi connectivity index (χ0) is 17.7. The molecule has 0 saturated heterocycles. The van der Waals surface area contributed by atoms with Gasteiger partial charge in [-0.1, -0.05) is 54.6 Å². The number of hydrogen-bond donors (Lipinski definition) is 2. The van der Waals surface area contributed by atoms with E-state index in [9.17, 15) is 8.42 Å². The Morgan fingerprint density at radius 1 is 0.880 bits per heavy atom. The van der Waals surface area contributed by atoms with Gasteiger partial charge in [-0.25, -0.2) is 0 Å². The molecule has 4 rings (SSSR count). The molecule has 0 amide bonds. The largest absolute Gasteiger partial charge is 0.294 e. The predicted molar refractivity (Wildman–Crippen MR) is 101 cm³/mol. The topological polar surface area (TPSA) is 78.8 Å². The molecule has 3 aromatic carbocycles. The van der Waals surface area contributed by atoms with Crippen LogP contribution in [0.15, 0.2) is 82.8 Å². The summed E-state index contributed by atoms with van der Waals surface area (Å²) < 4.78 is 30.5. The Balaban J connectivity index is 0.000000150. The molecule has 1 heterocycles. The van der Waals surface area contributed by atoms with Crippen LogP contribution in [0.25, 0.3) is 16.8 Å². The second-order valence-corrected chi connectivity index (χ2v) is 6.74. The minimum Gasteiger partial charge on any atom is -0.282 e. The molecule has 0 aromatic heterocycles. The third-order valence-corrected chi connectivity index (χ3v) is 4.45. The highest BCUT2D eigenvalue weighted by atomic mass is 32.2. The zero-order valence-corrected chi connectivity index (χ0v) is 14.0. The van der Waals surface area contributed by atoms with Gasteiger partial charge < -0.3 is 0 Å². The van der Waals surface area contributed by atoms with E-state index in [2.05, 4.69) is 10.5 Å². The summed E-state index contributed by atoms with van der Waals surface area (Å²) in [6.07, 6.45) is 5.68. The molecule has 0 aliphatic carbocycles. The average molecular weight is 352 g/mol. The van der Waals surface area contributed by atoms with Gasteiger partial charge in [-0.2, -0.15) is 13.5 Å². The summed E-state index contributed by atoms with van der Waals surface area (Å²) >= 11 is 0. The smallest absolute Gasteiger partial charge is 0.282 e. The fourth-order valence-electron chi connectivity index (χ4n) is 2.37. The van der Waals surface area contributed by atoms with Crippen molar-refractivity contribution in [2.45, 2.75) is 4.90 Å². The van der Waals surface area contributed by atoms with E-state index in [0.29, 0.717) is 0 Å². The molecule has 0 unspecified atom stereocenters. The molecule has 0 atom stereocenters. The number of fused-ring (bicyclic) bond motifs is 2. The van der Waals surface area contributed by atoms with Crippen molar-refractivity contribution >= 4 is 38.9 Å². The summed E-state index contributed by atoms with van der Waals surface area (Å²) in [6.45, 7) is 0. The number of anilines is 1. The van der Waals surface area contributed by atoms with Crippen molar-refractivity contribution in [1.82, 2.24) is 0 Å². The minimum atomic E-state index is -4.09. The van der Waals surface area contributed by atoms with Gasteiger partial charge in [0.15, 0.2) is 0 Å². The Bertz CT molecular complexity index is 1060. The van der Waals surface area contributed by atoms with Crippen LogP contribution in [-0.2, 0) is 10.1 Å². The van der Waals surface area contributed by atoms with Gasteiger partial charge in [0.2, 0.25) is 0 Å². The Morgan fingerprint density at radius 2 is 1.60 bits per heavy atom. The number of nitrogens with zero attached hydrogens (tertiary/aromatic N) is 1. The first-order valence-corrected chi connectivity index (χ1v) is 8.99. The molecule has 126 valence electrons. The van der Waals surface area contributed by atoms with E-state index in [1.807, 2.05) is 54.6 Å². The lowest BCUT2D eigenvalue weighted by Gasteiger charge is -2.00. The fraction of sp³-hybridized carbons (Fsp3) is 0. The summed E-state index contributed by atoms with van der Waals surface area (Å²) in [5.41, 5.74) is 5.16. The quantitative estimate of drug-likeness (QED) is 0.644. The summed E-state index contributed by atoms with van der Waals surface area (Å²) in [4.78, 5) is -0.0730. The summed E-state index contributed by atoms with van der Waals surface area (Å²) in [5, 5.41) is 5.69. The van der Waals surface area contributed by atoms with E-state index in [0.717, 1.165) is 16.5 Å². The second-order valence-electron chi connectivity index (χ2n) is 5.32. The number of nitrogens with one attached hydrogen (secondary N) is 1. The number of benzene rings is 3. The van der Waals surface area contributed by atoms with Gasteiger partial charge in [-0.3, -0.25) is 9.98 Å². The summed E-state index contributed by atoms with van der Waals surface area (Å²) in [5.74, 6) is 0. The van der Waals surface area contributed by atoms with Crippen molar-refractivity contribution in [2.75, 3.05) is 5.43 Å². The molecule has 1 aliphatic rings. The van der Waals surface area contributed by atoms with Crippen molar-refractivity contribution in [1.29, 1.82) is 0 Å². The van der Waals surface area contributed by atoms with Crippen LogP contribution in [0.4, 0.5) is 5.69 Å². The Morgan fingerprint density at radius 3 is 2.40 bits per heavy atom. The molecule has 0 saturated carbocycles. The van der Waals surface area contributed by atoms with Gasteiger partial charge in [-0.05, 0) is 40.6 Å². The van der Waals surface area contributed by atoms with Gasteiger partial charge in [0, 0.05) is 6.21 Å². The van der Waals surface area contributed by atoms with Crippen LogP contribution in [0.1, 0.15) is 5.56 Å². The van der Waals surface area contributed by atoms with Crippen molar-refractivity contribution in [3.05, 3.63) is 78.4 Å². The molecular weight excluding hydrogens is 336 g/mol. The average Bonchev–Trinajstić information content (AvgIpc) is 2.86. The van der Waals surface area contributed by atoms with Crippen LogP contribution in [0, 0.1) is 0 Å². The van der Waals surface area contributed by atoms with E-state index in [1.165, 1.54) is 17.7 Å². The maximum Gasteiger partial charge on any atom is 0.294 e. The monoisotopic (exact) mass is 352 g/mol.